The van der Waals surface area contributed by atoms with Gasteiger partial charge in [-0.1, -0.05) is 6.92 Å². The number of nitrogens with one attached hydrogen (secondary N) is 1. The first-order chi connectivity index (χ1) is 8.40. The molecule has 5 heteroatoms. The first-order valence-corrected chi connectivity index (χ1v) is 7.21. The summed E-state index contributed by atoms with van der Waals surface area (Å²) in [5.74, 6) is 1.41. The lowest BCUT2D eigenvalue weighted by Gasteiger charge is -2.30. The third kappa shape index (κ3) is 8.68. The molecule has 114 valence electrons. The summed E-state index contributed by atoms with van der Waals surface area (Å²) in [5.41, 5.74) is 5.85. The molecule has 0 radical (unpaired) electrons. The van der Waals surface area contributed by atoms with Crippen LogP contribution in [0.25, 0.3) is 0 Å². The highest BCUT2D eigenvalue weighted by Gasteiger charge is 2.17. The van der Waals surface area contributed by atoms with E-state index in [1.54, 1.807) is 0 Å². The minimum atomic E-state index is 0. The molecule has 0 unspecified atom stereocenters. The van der Waals surface area contributed by atoms with Crippen LogP contribution in [0, 0.1) is 5.92 Å². The Bertz CT molecular complexity index is 265. The molecule has 1 aliphatic rings. The Morgan fingerprint density at radius 2 is 1.89 bits per heavy atom. The van der Waals surface area contributed by atoms with Gasteiger partial charge < -0.3 is 16.0 Å². The topological polar surface area (TPSA) is 53.6 Å². The fraction of sp³-hybridized carbons (Fsp3) is 0.929. The zero-order valence-electron chi connectivity index (χ0n) is 12.9. The molecule has 0 bridgehead atoms. The van der Waals surface area contributed by atoms with E-state index in [0.717, 1.165) is 12.5 Å². The van der Waals surface area contributed by atoms with Gasteiger partial charge in [-0.3, -0.25) is 4.99 Å². The van der Waals surface area contributed by atoms with Gasteiger partial charge in [0, 0.05) is 12.1 Å². The van der Waals surface area contributed by atoms with Gasteiger partial charge in [0.2, 0.25) is 0 Å². The first-order valence-electron chi connectivity index (χ1n) is 7.21. The monoisotopic (exact) mass is 382 g/mol. The van der Waals surface area contributed by atoms with Crippen LogP contribution in [0.5, 0.6) is 0 Å². The van der Waals surface area contributed by atoms with E-state index >= 15 is 0 Å². The molecule has 3 N–H and O–H groups in total. The Hall–Kier alpha value is -0.0400. The number of likely N-dealkylation sites (tertiary alicyclic amines) is 1. The van der Waals surface area contributed by atoms with E-state index in [1.165, 1.54) is 38.9 Å². The summed E-state index contributed by atoms with van der Waals surface area (Å²) < 4.78 is 0. The highest BCUT2D eigenvalue weighted by Crippen LogP contribution is 2.19. The van der Waals surface area contributed by atoms with Gasteiger partial charge in [0.1, 0.15) is 0 Å². The maximum Gasteiger partial charge on any atom is 0.188 e. The Morgan fingerprint density at radius 1 is 1.32 bits per heavy atom. The van der Waals surface area contributed by atoms with Gasteiger partial charge in [0.15, 0.2) is 5.96 Å². The van der Waals surface area contributed by atoms with Gasteiger partial charge in [-0.15, -0.1) is 24.0 Å². The Labute approximate surface area is 135 Å². The summed E-state index contributed by atoms with van der Waals surface area (Å²) >= 11 is 0. The first kappa shape index (κ1) is 19.0. The SMILES string of the molecule is CCN1CCC(CCN=C(N)NC(C)(C)C)CC1.I. The Kier molecular flexibility index (Phi) is 8.98. The number of hydrogen-bond donors (Lipinski definition) is 2. The van der Waals surface area contributed by atoms with Crippen LogP contribution in [0.2, 0.25) is 0 Å². The van der Waals surface area contributed by atoms with Crippen LogP contribution in [0.3, 0.4) is 0 Å². The molecule has 19 heavy (non-hydrogen) atoms. The number of nitrogens with zero attached hydrogens (tertiary/aromatic N) is 2. The fourth-order valence-electron chi connectivity index (χ4n) is 2.38. The second-order valence-electron chi connectivity index (χ2n) is 6.31. The molecule has 1 rings (SSSR count). The predicted octanol–water partition coefficient (Wildman–Crippen LogP) is 2.43. The van der Waals surface area contributed by atoms with Gasteiger partial charge in [0.25, 0.3) is 0 Å². The lowest BCUT2D eigenvalue weighted by molar-refractivity contribution is 0.188. The molecule has 0 saturated carbocycles. The van der Waals surface area contributed by atoms with Crippen LogP contribution < -0.4 is 11.1 Å². The van der Waals surface area contributed by atoms with Gasteiger partial charge in [-0.25, -0.2) is 0 Å². The number of guanidine groups is 1. The van der Waals surface area contributed by atoms with Crippen molar-refractivity contribution in [2.75, 3.05) is 26.2 Å². The van der Waals surface area contributed by atoms with Crippen molar-refractivity contribution in [3.63, 3.8) is 0 Å². The molecule has 0 amide bonds. The van der Waals surface area contributed by atoms with Crippen molar-refractivity contribution in [1.29, 1.82) is 0 Å². The molecule has 1 heterocycles. The number of nitrogens with two attached hydrogens (primary N) is 1. The van der Waals surface area contributed by atoms with E-state index in [2.05, 4.69) is 42.9 Å². The van der Waals surface area contributed by atoms with E-state index in [1.807, 2.05) is 0 Å². The smallest absolute Gasteiger partial charge is 0.188 e. The van der Waals surface area contributed by atoms with Gasteiger partial charge in [-0.05, 0) is 65.6 Å². The molecule has 0 aliphatic carbocycles. The van der Waals surface area contributed by atoms with Crippen LogP contribution in [0.1, 0.15) is 47.0 Å². The second-order valence-corrected chi connectivity index (χ2v) is 6.31. The van der Waals surface area contributed by atoms with Crippen molar-refractivity contribution in [3.8, 4) is 0 Å². The minimum absolute atomic E-state index is 0. The normalized spacial score (nSPS) is 19.1. The average molecular weight is 382 g/mol. The molecule has 1 aliphatic heterocycles. The van der Waals surface area contributed by atoms with Gasteiger partial charge >= 0.3 is 0 Å². The van der Waals surface area contributed by atoms with Crippen molar-refractivity contribution in [2.45, 2.75) is 52.5 Å². The molecule has 0 aromatic rings. The van der Waals surface area contributed by atoms with Crippen molar-refractivity contribution in [1.82, 2.24) is 10.2 Å². The third-order valence-corrected chi connectivity index (χ3v) is 3.48. The Morgan fingerprint density at radius 3 is 2.37 bits per heavy atom. The predicted molar refractivity (Wildman–Crippen MR) is 94.2 cm³/mol. The van der Waals surface area contributed by atoms with Gasteiger partial charge in [0.05, 0.1) is 0 Å². The van der Waals surface area contributed by atoms with Crippen LogP contribution in [-0.2, 0) is 0 Å². The fourth-order valence-corrected chi connectivity index (χ4v) is 2.38. The molecule has 0 atom stereocenters. The zero-order valence-corrected chi connectivity index (χ0v) is 15.2. The van der Waals surface area contributed by atoms with Crippen LogP contribution in [-0.4, -0.2) is 42.6 Å². The lowest BCUT2D eigenvalue weighted by atomic mass is 9.94. The number of aliphatic imine (C=N–C) groups is 1. The molecule has 1 fully saturated rings. The molecule has 1 saturated heterocycles. The maximum absolute atomic E-state index is 5.85. The van der Waals surface area contributed by atoms with E-state index < -0.39 is 0 Å². The quantitative estimate of drug-likeness (QED) is 0.446. The van der Waals surface area contributed by atoms with Gasteiger partial charge in [-0.2, -0.15) is 0 Å². The summed E-state index contributed by atoms with van der Waals surface area (Å²) in [6, 6.07) is 0. The highest BCUT2D eigenvalue weighted by atomic mass is 127. The summed E-state index contributed by atoms with van der Waals surface area (Å²) in [6.07, 6.45) is 3.80. The summed E-state index contributed by atoms with van der Waals surface area (Å²) in [7, 11) is 0. The van der Waals surface area contributed by atoms with E-state index in [4.69, 9.17) is 5.73 Å². The average Bonchev–Trinajstić information content (AvgIpc) is 2.27. The molecular formula is C14H31IN4. The number of hydrogen-bond acceptors (Lipinski definition) is 2. The maximum atomic E-state index is 5.85. The largest absolute Gasteiger partial charge is 0.370 e. The lowest BCUT2D eigenvalue weighted by Crippen LogP contribution is -2.45. The summed E-state index contributed by atoms with van der Waals surface area (Å²) in [4.78, 5) is 6.94. The molecular weight excluding hydrogens is 351 g/mol. The molecule has 0 aromatic heterocycles. The second kappa shape index (κ2) is 9.00. The van der Waals surface area contributed by atoms with Crippen LogP contribution in [0.15, 0.2) is 4.99 Å². The van der Waals surface area contributed by atoms with E-state index in [-0.39, 0.29) is 29.5 Å². The van der Waals surface area contributed by atoms with Crippen LogP contribution in [0.4, 0.5) is 0 Å². The minimum Gasteiger partial charge on any atom is -0.370 e. The highest BCUT2D eigenvalue weighted by molar-refractivity contribution is 14.0. The zero-order chi connectivity index (χ0) is 13.6. The number of halogens is 1. The Balaban J connectivity index is 0.00000324. The van der Waals surface area contributed by atoms with E-state index in [9.17, 15) is 0 Å². The summed E-state index contributed by atoms with van der Waals surface area (Å²) in [5, 5.41) is 3.19. The molecule has 4 nitrogen and oxygen atoms in total. The standard InChI is InChI=1S/C14H30N4.HI/c1-5-18-10-7-12(8-11-18)6-9-16-13(15)17-14(2,3)4;/h12H,5-11H2,1-4H3,(H3,15,16,17);1H. The molecule has 0 spiro atoms. The van der Waals surface area contributed by atoms with Crippen molar-refractivity contribution < 1.29 is 0 Å². The van der Waals surface area contributed by atoms with Crippen LogP contribution >= 0.6 is 24.0 Å². The van der Waals surface area contributed by atoms with E-state index in [0.29, 0.717) is 5.96 Å². The van der Waals surface area contributed by atoms with Crippen molar-refractivity contribution in [2.24, 2.45) is 16.6 Å². The van der Waals surface area contributed by atoms with Crippen molar-refractivity contribution in [3.05, 3.63) is 0 Å². The molecule has 0 aromatic carbocycles. The van der Waals surface area contributed by atoms with Crippen molar-refractivity contribution >= 4 is 29.9 Å². The number of rotatable bonds is 4. The third-order valence-electron chi connectivity index (χ3n) is 3.48. The number of piperidine rings is 1. The summed E-state index contributed by atoms with van der Waals surface area (Å²) in [6.45, 7) is 13.1.